The van der Waals surface area contributed by atoms with Crippen molar-refractivity contribution in [2.24, 2.45) is 0 Å². The van der Waals surface area contributed by atoms with Crippen molar-refractivity contribution in [3.05, 3.63) is 0 Å². The Morgan fingerprint density at radius 1 is 1.71 bits per heavy atom. The molecule has 1 aliphatic heterocycles. The molecule has 1 fully saturated rings. The van der Waals surface area contributed by atoms with E-state index in [9.17, 15) is 0 Å². The predicted molar refractivity (Wildman–Crippen MR) is 27.6 cm³/mol. The third kappa shape index (κ3) is 1.16. The lowest BCUT2D eigenvalue weighted by Gasteiger charge is -2.11. The molecular formula is C4H8N3. The van der Waals surface area contributed by atoms with Crippen LogP contribution in [-0.2, 0) is 0 Å². The summed E-state index contributed by atoms with van der Waals surface area (Å²) in [5, 5.41) is 13.8. The van der Waals surface area contributed by atoms with Crippen LogP contribution in [0.15, 0.2) is 0 Å². The molecular weight excluding hydrogens is 90.1 g/mol. The summed E-state index contributed by atoms with van der Waals surface area (Å²) in [4.78, 5) is 0. The lowest BCUT2D eigenvalue weighted by atomic mass is 10.4. The van der Waals surface area contributed by atoms with Gasteiger partial charge in [0.15, 0.2) is 0 Å². The first-order valence-electron chi connectivity index (χ1n) is 2.35. The van der Waals surface area contributed by atoms with Crippen LogP contribution in [0.1, 0.15) is 0 Å². The Labute approximate surface area is 42.6 Å². The minimum Gasteiger partial charge on any atom is -0.308 e. The van der Waals surface area contributed by atoms with Crippen LogP contribution in [-0.4, -0.2) is 25.5 Å². The maximum absolute atomic E-state index is 6.96. The zero-order valence-electron chi connectivity index (χ0n) is 4.07. The fraction of sp³-hybridized carbons (Fsp3) is 0.750. The smallest absolute Gasteiger partial charge is 0.129 e. The average molecular weight is 98.1 g/mol. The molecule has 1 saturated heterocycles. The third-order valence-corrected chi connectivity index (χ3v) is 0.884. The fourth-order valence-corrected chi connectivity index (χ4v) is 0.533. The highest BCUT2D eigenvalue weighted by Crippen LogP contribution is 1.73. The predicted octanol–water partition coefficient (Wildman–Crippen LogP) is -0.829. The summed E-state index contributed by atoms with van der Waals surface area (Å²) in [6, 6.07) is 0. The fourth-order valence-electron chi connectivity index (χ4n) is 0.533. The minimum atomic E-state index is 0.478. The molecule has 3 nitrogen and oxygen atoms in total. The first-order chi connectivity index (χ1) is 3.39. The lowest BCUT2D eigenvalue weighted by molar-refractivity contribution is 0.664. The van der Waals surface area contributed by atoms with Gasteiger partial charge in [-0.2, -0.15) is 0 Å². The van der Waals surface area contributed by atoms with Crippen LogP contribution in [0.4, 0.5) is 0 Å². The van der Waals surface area contributed by atoms with Crippen molar-refractivity contribution < 1.29 is 0 Å². The summed E-state index contributed by atoms with van der Waals surface area (Å²) in [6.45, 7) is 2.36. The molecule has 0 aromatic heterocycles. The van der Waals surface area contributed by atoms with Gasteiger partial charge in [-0.25, -0.2) is 0 Å². The van der Waals surface area contributed by atoms with Crippen LogP contribution in [0, 0.1) is 5.41 Å². The van der Waals surface area contributed by atoms with Crippen LogP contribution >= 0.6 is 0 Å². The Hall–Kier alpha value is -0.570. The number of amidine groups is 1. The summed E-state index contributed by atoms with van der Waals surface area (Å²) in [5.41, 5.74) is 0. The maximum atomic E-state index is 6.96. The molecule has 0 atom stereocenters. The summed E-state index contributed by atoms with van der Waals surface area (Å²) >= 11 is 0. The Morgan fingerprint density at radius 3 is 2.86 bits per heavy atom. The maximum Gasteiger partial charge on any atom is 0.129 e. The SMILES string of the molecule is N=C1CNCC[N]1. The zero-order valence-corrected chi connectivity index (χ0v) is 4.07. The summed E-state index contributed by atoms with van der Waals surface area (Å²) in [5.74, 6) is 0.478. The quantitative estimate of drug-likeness (QED) is 0.408. The molecule has 0 bridgehead atoms. The van der Waals surface area contributed by atoms with Gasteiger partial charge in [0.1, 0.15) is 5.84 Å². The van der Waals surface area contributed by atoms with Gasteiger partial charge in [0, 0.05) is 6.54 Å². The Kier molecular flexibility index (Phi) is 1.26. The molecule has 1 radical (unpaired) electrons. The Morgan fingerprint density at radius 2 is 2.57 bits per heavy atom. The summed E-state index contributed by atoms with van der Waals surface area (Å²) in [7, 11) is 0. The molecule has 7 heavy (non-hydrogen) atoms. The highest BCUT2D eigenvalue weighted by atomic mass is 15.1. The van der Waals surface area contributed by atoms with E-state index < -0.39 is 0 Å². The second kappa shape index (κ2) is 1.93. The van der Waals surface area contributed by atoms with Crippen molar-refractivity contribution in [1.82, 2.24) is 10.6 Å². The normalized spacial score (nSPS) is 21.4. The Balaban J connectivity index is 2.25. The van der Waals surface area contributed by atoms with Crippen LogP contribution in [0.5, 0.6) is 0 Å². The number of hydrogen-bond acceptors (Lipinski definition) is 2. The molecule has 0 unspecified atom stereocenters. The van der Waals surface area contributed by atoms with Gasteiger partial charge >= 0.3 is 0 Å². The first kappa shape index (κ1) is 4.59. The van der Waals surface area contributed by atoms with Gasteiger partial charge in [-0.05, 0) is 0 Å². The molecule has 1 rings (SSSR count). The van der Waals surface area contributed by atoms with E-state index in [4.69, 9.17) is 5.41 Å². The Bertz CT molecular complexity index is 71.0. The third-order valence-electron chi connectivity index (χ3n) is 0.884. The van der Waals surface area contributed by atoms with Gasteiger partial charge in [-0.1, -0.05) is 0 Å². The molecule has 1 heterocycles. The number of rotatable bonds is 0. The molecule has 39 valence electrons. The van der Waals surface area contributed by atoms with Crippen molar-refractivity contribution >= 4 is 5.84 Å². The standard InChI is InChI=1S/C4H8N3/c5-4-3-6-1-2-7-4/h5-6H,1-3H2. The minimum absolute atomic E-state index is 0.478. The molecule has 0 aliphatic carbocycles. The summed E-state index contributed by atoms with van der Waals surface area (Å²) < 4.78 is 0. The van der Waals surface area contributed by atoms with Gasteiger partial charge in [0.2, 0.25) is 0 Å². The molecule has 2 N–H and O–H groups in total. The van der Waals surface area contributed by atoms with Gasteiger partial charge in [-0.15, -0.1) is 0 Å². The van der Waals surface area contributed by atoms with E-state index in [0.717, 1.165) is 13.1 Å². The summed E-state index contributed by atoms with van der Waals surface area (Å²) in [6.07, 6.45) is 0. The van der Waals surface area contributed by atoms with E-state index >= 15 is 0 Å². The molecule has 0 aromatic carbocycles. The molecule has 1 aliphatic rings. The monoisotopic (exact) mass is 98.1 g/mol. The highest BCUT2D eigenvalue weighted by Gasteiger charge is 2.01. The van der Waals surface area contributed by atoms with Gasteiger partial charge < -0.3 is 5.32 Å². The number of nitrogens with zero attached hydrogens (tertiary/aromatic N) is 1. The van der Waals surface area contributed by atoms with E-state index in [1.807, 2.05) is 0 Å². The average Bonchev–Trinajstić information content (AvgIpc) is 1.69. The van der Waals surface area contributed by atoms with Crippen molar-refractivity contribution in [3.63, 3.8) is 0 Å². The van der Waals surface area contributed by atoms with E-state index in [0.29, 0.717) is 12.4 Å². The second-order valence-electron chi connectivity index (χ2n) is 1.51. The second-order valence-corrected chi connectivity index (χ2v) is 1.51. The molecule has 0 saturated carbocycles. The van der Waals surface area contributed by atoms with Gasteiger partial charge in [0.05, 0.1) is 13.1 Å². The topological polar surface area (TPSA) is 50.0 Å². The van der Waals surface area contributed by atoms with Crippen molar-refractivity contribution in [3.8, 4) is 0 Å². The molecule has 3 heteroatoms. The van der Waals surface area contributed by atoms with Gasteiger partial charge in [-0.3, -0.25) is 10.7 Å². The van der Waals surface area contributed by atoms with E-state index in [1.54, 1.807) is 0 Å². The van der Waals surface area contributed by atoms with Crippen LogP contribution in [0.2, 0.25) is 0 Å². The van der Waals surface area contributed by atoms with E-state index in [2.05, 4.69) is 10.6 Å². The van der Waals surface area contributed by atoms with Gasteiger partial charge in [0.25, 0.3) is 0 Å². The van der Waals surface area contributed by atoms with Crippen molar-refractivity contribution in [2.75, 3.05) is 19.6 Å². The molecule has 0 spiro atoms. The lowest BCUT2D eigenvalue weighted by Crippen LogP contribution is -2.39. The van der Waals surface area contributed by atoms with Crippen molar-refractivity contribution in [1.29, 1.82) is 5.41 Å². The van der Waals surface area contributed by atoms with Crippen LogP contribution < -0.4 is 10.6 Å². The first-order valence-corrected chi connectivity index (χ1v) is 2.35. The highest BCUT2D eigenvalue weighted by molar-refractivity contribution is 5.81. The van der Waals surface area contributed by atoms with Crippen LogP contribution in [0.25, 0.3) is 0 Å². The number of piperazine rings is 1. The zero-order chi connectivity index (χ0) is 5.11. The number of nitrogens with one attached hydrogen (secondary N) is 2. The molecule has 0 aromatic rings. The largest absolute Gasteiger partial charge is 0.308 e. The van der Waals surface area contributed by atoms with Crippen LogP contribution in [0.3, 0.4) is 0 Å². The van der Waals surface area contributed by atoms with Crippen molar-refractivity contribution in [2.45, 2.75) is 0 Å². The number of hydrogen-bond donors (Lipinski definition) is 2. The molecule has 0 amide bonds. The van der Waals surface area contributed by atoms with E-state index in [1.165, 1.54) is 0 Å². The van der Waals surface area contributed by atoms with E-state index in [-0.39, 0.29) is 0 Å².